The van der Waals surface area contributed by atoms with E-state index in [0.29, 0.717) is 11.8 Å². The van der Waals surface area contributed by atoms with E-state index in [1.54, 1.807) is 7.11 Å². The van der Waals surface area contributed by atoms with Crippen LogP contribution in [-0.4, -0.2) is 21.3 Å². The first-order chi connectivity index (χ1) is 5.08. The average Bonchev–Trinajstić information content (AvgIpc) is 2.04. The van der Waals surface area contributed by atoms with Gasteiger partial charge in [0.25, 0.3) is 0 Å². The first kappa shape index (κ1) is 11.2. The lowest BCUT2D eigenvalue weighted by atomic mass is 10.3. The van der Waals surface area contributed by atoms with Crippen LogP contribution >= 0.6 is 11.6 Å². The second kappa shape index (κ2) is 4.96. The standard InChI is InChI=1S/C8H17ClOSi/c1-5-11(4,10-3)7-8(2)6-9/h5,8H,1,6-7H2,2-4H3. The van der Waals surface area contributed by atoms with Gasteiger partial charge in [0.05, 0.1) is 0 Å². The molecule has 0 rings (SSSR count). The summed E-state index contributed by atoms with van der Waals surface area (Å²) >= 11 is 5.70. The van der Waals surface area contributed by atoms with E-state index in [-0.39, 0.29) is 0 Å². The Bertz CT molecular complexity index is 129. The second-order valence-corrected chi connectivity index (χ2v) is 7.34. The first-order valence-corrected chi connectivity index (χ1v) is 7.05. The summed E-state index contributed by atoms with van der Waals surface area (Å²) in [6.45, 7) is 8.08. The maximum Gasteiger partial charge on any atom is 0.213 e. The fourth-order valence-corrected chi connectivity index (χ4v) is 3.32. The highest BCUT2D eigenvalue weighted by Crippen LogP contribution is 2.19. The van der Waals surface area contributed by atoms with Crippen LogP contribution in [-0.2, 0) is 4.43 Å². The maximum absolute atomic E-state index is 5.70. The van der Waals surface area contributed by atoms with Crippen LogP contribution in [0.1, 0.15) is 6.92 Å². The van der Waals surface area contributed by atoms with E-state index in [1.807, 2.05) is 5.70 Å². The molecule has 0 saturated heterocycles. The average molecular weight is 193 g/mol. The number of alkyl halides is 1. The van der Waals surface area contributed by atoms with Crippen molar-refractivity contribution in [1.82, 2.24) is 0 Å². The highest BCUT2D eigenvalue weighted by atomic mass is 35.5. The van der Waals surface area contributed by atoms with Crippen molar-refractivity contribution in [3.63, 3.8) is 0 Å². The molecule has 2 atom stereocenters. The van der Waals surface area contributed by atoms with Gasteiger partial charge in [0.2, 0.25) is 8.32 Å². The minimum atomic E-state index is -1.60. The third-order valence-electron chi connectivity index (χ3n) is 1.92. The molecule has 0 saturated carbocycles. The molecule has 0 aromatic carbocycles. The molecule has 66 valence electrons. The maximum atomic E-state index is 5.70. The molecule has 0 radical (unpaired) electrons. The van der Waals surface area contributed by atoms with Gasteiger partial charge in [-0.1, -0.05) is 12.6 Å². The van der Waals surface area contributed by atoms with Gasteiger partial charge < -0.3 is 4.43 Å². The SMILES string of the molecule is C=C[Si](C)(CC(C)CCl)OC. The number of rotatable bonds is 5. The molecule has 0 N–H and O–H groups in total. The van der Waals surface area contributed by atoms with Crippen molar-refractivity contribution in [2.45, 2.75) is 19.5 Å². The van der Waals surface area contributed by atoms with Crippen molar-refractivity contribution in [1.29, 1.82) is 0 Å². The summed E-state index contributed by atoms with van der Waals surface area (Å²) in [7, 11) is 0.157. The molecule has 0 aliphatic carbocycles. The van der Waals surface area contributed by atoms with E-state index < -0.39 is 8.32 Å². The van der Waals surface area contributed by atoms with E-state index in [4.69, 9.17) is 16.0 Å². The predicted molar refractivity (Wildman–Crippen MR) is 53.5 cm³/mol. The molecule has 0 spiro atoms. The van der Waals surface area contributed by atoms with Crippen LogP contribution in [0, 0.1) is 5.92 Å². The van der Waals surface area contributed by atoms with Crippen molar-refractivity contribution < 1.29 is 4.43 Å². The lowest BCUT2D eigenvalue weighted by Crippen LogP contribution is -2.32. The zero-order chi connectivity index (χ0) is 8.91. The monoisotopic (exact) mass is 192 g/mol. The van der Waals surface area contributed by atoms with Gasteiger partial charge >= 0.3 is 0 Å². The summed E-state index contributed by atoms with van der Waals surface area (Å²) in [5.41, 5.74) is 1.97. The Hall–Kier alpha value is 0.207. The molecule has 0 aliphatic rings. The van der Waals surface area contributed by atoms with Crippen molar-refractivity contribution >= 4 is 19.9 Å². The third-order valence-corrected chi connectivity index (χ3v) is 5.75. The Kier molecular flexibility index (Phi) is 5.05. The summed E-state index contributed by atoms with van der Waals surface area (Å²) in [4.78, 5) is 0. The van der Waals surface area contributed by atoms with Crippen LogP contribution in [0.5, 0.6) is 0 Å². The lowest BCUT2D eigenvalue weighted by Gasteiger charge is -2.23. The fraction of sp³-hybridized carbons (Fsp3) is 0.750. The van der Waals surface area contributed by atoms with Crippen molar-refractivity contribution in [2.75, 3.05) is 13.0 Å². The Morgan fingerprint density at radius 2 is 2.27 bits per heavy atom. The molecule has 0 aromatic rings. The molecule has 11 heavy (non-hydrogen) atoms. The van der Waals surface area contributed by atoms with Crippen LogP contribution in [0.4, 0.5) is 0 Å². The van der Waals surface area contributed by atoms with E-state index in [9.17, 15) is 0 Å². The molecule has 0 amide bonds. The number of hydrogen-bond acceptors (Lipinski definition) is 1. The van der Waals surface area contributed by atoms with Crippen molar-refractivity contribution in [3.05, 3.63) is 12.3 Å². The van der Waals surface area contributed by atoms with Crippen LogP contribution in [0.15, 0.2) is 12.3 Å². The highest BCUT2D eigenvalue weighted by Gasteiger charge is 2.25. The van der Waals surface area contributed by atoms with Crippen molar-refractivity contribution in [3.8, 4) is 0 Å². The zero-order valence-electron chi connectivity index (χ0n) is 7.56. The highest BCUT2D eigenvalue weighted by molar-refractivity contribution is 6.77. The summed E-state index contributed by atoms with van der Waals surface area (Å²) < 4.78 is 5.42. The van der Waals surface area contributed by atoms with Gasteiger partial charge in [-0.3, -0.25) is 0 Å². The van der Waals surface area contributed by atoms with Crippen molar-refractivity contribution in [2.24, 2.45) is 5.92 Å². The largest absolute Gasteiger partial charge is 0.416 e. The Labute approximate surface area is 75.5 Å². The van der Waals surface area contributed by atoms with Crippen LogP contribution < -0.4 is 0 Å². The summed E-state index contributed by atoms with van der Waals surface area (Å²) in [5, 5.41) is 0. The summed E-state index contributed by atoms with van der Waals surface area (Å²) in [6.07, 6.45) is 0. The van der Waals surface area contributed by atoms with Gasteiger partial charge in [-0.15, -0.1) is 18.2 Å². The summed E-state index contributed by atoms with van der Waals surface area (Å²) in [5.74, 6) is 1.24. The van der Waals surface area contributed by atoms with Gasteiger partial charge in [0.15, 0.2) is 0 Å². The molecular formula is C8H17ClOSi. The molecule has 2 unspecified atom stereocenters. The summed E-state index contributed by atoms with van der Waals surface area (Å²) in [6, 6.07) is 1.07. The smallest absolute Gasteiger partial charge is 0.213 e. The molecule has 0 aliphatic heterocycles. The Morgan fingerprint density at radius 1 is 1.73 bits per heavy atom. The second-order valence-electron chi connectivity index (χ2n) is 3.18. The predicted octanol–water partition coefficient (Wildman–Crippen LogP) is 2.81. The fourth-order valence-electron chi connectivity index (χ4n) is 0.996. The van der Waals surface area contributed by atoms with Gasteiger partial charge in [-0.25, -0.2) is 0 Å². The Morgan fingerprint density at radius 3 is 2.55 bits per heavy atom. The molecule has 0 bridgehead atoms. The minimum absolute atomic E-state index is 0.534. The molecule has 3 heteroatoms. The molecular weight excluding hydrogens is 176 g/mol. The van der Waals surface area contributed by atoms with E-state index in [2.05, 4.69) is 20.0 Å². The van der Waals surface area contributed by atoms with Gasteiger partial charge in [-0.2, -0.15) is 0 Å². The van der Waals surface area contributed by atoms with Crippen LogP contribution in [0.2, 0.25) is 12.6 Å². The van der Waals surface area contributed by atoms with Crippen LogP contribution in [0.25, 0.3) is 0 Å². The third kappa shape index (κ3) is 3.94. The molecule has 0 heterocycles. The molecule has 1 nitrogen and oxygen atoms in total. The molecule has 0 fully saturated rings. The van der Waals surface area contributed by atoms with E-state index >= 15 is 0 Å². The Balaban J connectivity index is 3.96. The number of halogens is 1. The first-order valence-electron chi connectivity index (χ1n) is 3.82. The van der Waals surface area contributed by atoms with E-state index in [1.165, 1.54) is 0 Å². The normalized spacial score (nSPS) is 18.9. The topological polar surface area (TPSA) is 9.23 Å². The van der Waals surface area contributed by atoms with Gasteiger partial charge in [0, 0.05) is 13.0 Å². The number of hydrogen-bond donors (Lipinski definition) is 0. The van der Waals surface area contributed by atoms with Gasteiger partial charge in [-0.05, 0) is 18.5 Å². The van der Waals surface area contributed by atoms with E-state index in [0.717, 1.165) is 6.04 Å². The lowest BCUT2D eigenvalue weighted by molar-refractivity contribution is 0.401. The van der Waals surface area contributed by atoms with Gasteiger partial charge in [0.1, 0.15) is 0 Å². The quantitative estimate of drug-likeness (QED) is 0.481. The molecule has 0 aromatic heterocycles. The zero-order valence-corrected chi connectivity index (χ0v) is 9.32. The van der Waals surface area contributed by atoms with Crippen LogP contribution in [0.3, 0.4) is 0 Å². The minimum Gasteiger partial charge on any atom is -0.416 e.